The standard InChI is InChI=1S/C15H23N3O/c1-13(2)5-7-17-8-10-18(11-9-17)15(19)14-4-3-6-16-12-14/h3-4,6,12-13H,5,7-11H2,1-2H3. The van der Waals surface area contributed by atoms with Crippen LogP contribution in [0, 0.1) is 5.92 Å². The highest BCUT2D eigenvalue weighted by molar-refractivity contribution is 5.93. The van der Waals surface area contributed by atoms with Gasteiger partial charge in [-0.2, -0.15) is 0 Å². The van der Waals surface area contributed by atoms with Crippen molar-refractivity contribution in [2.45, 2.75) is 20.3 Å². The predicted molar refractivity (Wildman–Crippen MR) is 76.0 cm³/mol. The predicted octanol–water partition coefficient (Wildman–Crippen LogP) is 1.89. The number of aromatic nitrogens is 1. The summed E-state index contributed by atoms with van der Waals surface area (Å²) in [5, 5.41) is 0. The van der Waals surface area contributed by atoms with Gasteiger partial charge < -0.3 is 4.90 Å². The minimum Gasteiger partial charge on any atom is -0.336 e. The molecule has 1 aromatic heterocycles. The molecule has 2 rings (SSSR count). The molecule has 1 aromatic rings. The molecule has 0 saturated carbocycles. The molecule has 1 aliphatic heterocycles. The van der Waals surface area contributed by atoms with Gasteiger partial charge >= 0.3 is 0 Å². The molecule has 19 heavy (non-hydrogen) atoms. The first-order valence-corrected chi connectivity index (χ1v) is 7.08. The van der Waals surface area contributed by atoms with Crippen molar-refractivity contribution in [2.24, 2.45) is 5.92 Å². The second kappa shape index (κ2) is 6.66. The molecular formula is C15H23N3O. The van der Waals surface area contributed by atoms with Crippen molar-refractivity contribution in [1.82, 2.24) is 14.8 Å². The zero-order valence-corrected chi connectivity index (χ0v) is 11.9. The van der Waals surface area contributed by atoms with Gasteiger partial charge in [0.1, 0.15) is 0 Å². The third-order valence-corrected chi connectivity index (χ3v) is 3.59. The van der Waals surface area contributed by atoms with E-state index in [0.717, 1.165) is 38.6 Å². The van der Waals surface area contributed by atoms with Gasteiger partial charge in [0.05, 0.1) is 5.56 Å². The highest BCUT2D eigenvalue weighted by Crippen LogP contribution is 2.09. The van der Waals surface area contributed by atoms with Gasteiger partial charge in [-0.15, -0.1) is 0 Å². The average Bonchev–Trinajstić information content (AvgIpc) is 2.46. The quantitative estimate of drug-likeness (QED) is 0.830. The molecule has 0 atom stereocenters. The molecular weight excluding hydrogens is 238 g/mol. The number of rotatable bonds is 4. The van der Waals surface area contributed by atoms with E-state index in [1.165, 1.54) is 6.42 Å². The molecule has 1 aliphatic rings. The first-order chi connectivity index (χ1) is 9.16. The van der Waals surface area contributed by atoms with Crippen molar-refractivity contribution in [3.63, 3.8) is 0 Å². The van der Waals surface area contributed by atoms with Crippen molar-refractivity contribution >= 4 is 5.91 Å². The molecule has 0 N–H and O–H groups in total. The number of carbonyl (C=O) groups excluding carboxylic acids is 1. The summed E-state index contributed by atoms with van der Waals surface area (Å²) in [5.74, 6) is 0.853. The van der Waals surface area contributed by atoms with Crippen LogP contribution in [0.15, 0.2) is 24.5 Å². The summed E-state index contributed by atoms with van der Waals surface area (Å²) in [6, 6.07) is 3.65. The Morgan fingerprint density at radius 2 is 2.05 bits per heavy atom. The number of carbonyl (C=O) groups is 1. The second-order valence-corrected chi connectivity index (χ2v) is 5.56. The summed E-state index contributed by atoms with van der Waals surface area (Å²) in [6.45, 7) is 9.27. The largest absolute Gasteiger partial charge is 0.336 e. The fourth-order valence-corrected chi connectivity index (χ4v) is 2.29. The van der Waals surface area contributed by atoms with E-state index in [1.807, 2.05) is 17.0 Å². The van der Waals surface area contributed by atoms with Crippen LogP contribution in [0.3, 0.4) is 0 Å². The Morgan fingerprint density at radius 1 is 1.32 bits per heavy atom. The van der Waals surface area contributed by atoms with Gasteiger partial charge in [0.15, 0.2) is 0 Å². The summed E-state index contributed by atoms with van der Waals surface area (Å²) in [7, 11) is 0. The Balaban J connectivity index is 1.81. The van der Waals surface area contributed by atoms with Gasteiger partial charge in [-0.3, -0.25) is 14.7 Å². The fraction of sp³-hybridized carbons (Fsp3) is 0.600. The van der Waals surface area contributed by atoms with E-state index in [1.54, 1.807) is 12.4 Å². The summed E-state index contributed by atoms with van der Waals surface area (Å²) < 4.78 is 0. The van der Waals surface area contributed by atoms with Crippen LogP contribution in [0.2, 0.25) is 0 Å². The smallest absolute Gasteiger partial charge is 0.255 e. The van der Waals surface area contributed by atoms with Crippen LogP contribution in [-0.2, 0) is 0 Å². The van der Waals surface area contributed by atoms with Gasteiger partial charge in [0.25, 0.3) is 5.91 Å². The van der Waals surface area contributed by atoms with E-state index < -0.39 is 0 Å². The lowest BCUT2D eigenvalue weighted by Gasteiger charge is -2.35. The SMILES string of the molecule is CC(C)CCN1CCN(C(=O)c2cccnc2)CC1. The third-order valence-electron chi connectivity index (χ3n) is 3.59. The normalized spacial score (nSPS) is 16.9. The molecule has 0 bridgehead atoms. The molecule has 0 aliphatic carbocycles. The molecule has 0 unspecified atom stereocenters. The Morgan fingerprint density at radius 3 is 2.63 bits per heavy atom. The topological polar surface area (TPSA) is 36.4 Å². The molecule has 0 aromatic carbocycles. The van der Waals surface area contributed by atoms with Crippen LogP contribution in [0.1, 0.15) is 30.6 Å². The number of pyridine rings is 1. The molecule has 4 heteroatoms. The van der Waals surface area contributed by atoms with Crippen LogP contribution in [0.4, 0.5) is 0 Å². The molecule has 1 amide bonds. The van der Waals surface area contributed by atoms with Crippen LogP contribution in [0.5, 0.6) is 0 Å². The molecule has 0 radical (unpaired) electrons. The molecule has 1 saturated heterocycles. The van der Waals surface area contributed by atoms with Crippen molar-refractivity contribution in [1.29, 1.82) is 0 Å². The Hall–Kier alpha value is -1.42. The Bertz CT molecular complexity index is 397. The maximum absolute atomic E-state index is 12.2. The van der Waals surface area contributed by atoms with Crippen LogP contribution in [0.25, 0.3) is 0 Å². The molecule has 0 spiro atoms. The van der Waals surface area contributed by atoms with E-state index in [2.05, 4.69) is 23.7 Å². The number of hydrogen-bond donors (Lipinski definition) is 0. The second-order valence-electron chi connectivity index (χ2n) is 5.56. The molecule has 104 valence electrons. The fourth-order valence-electron chi connectivity index (χ4n) is 2.29. The maximum atomic E-state index is 12.2. The number of amides is 1. The lowest BCUT2D eigenvalue weighted by molar-refractivity contribution is 0.0631. The zero-order valence-electron chi connectivity index (χ0n) is 11.9. The van der Waals surface area contributed by atoms with Gasteiger partial charge in [-0.25, -0.2) is 0 Å². The van der Waals surface area contributed by atoms with Crippen molar-refractivity contribution in [3.05, 3.63) is 30.1 Å². The van der Waals surface area contributed by atoms with E-state index in [0.29, 0.717) is 5.56 Å². The van der Waals surface area contributed by atoms with E-state index in [9.17, 15) is 4.79 Å². The van der Waals surface area contributed by atoms with Crippen molar-refractivity contribution in [3.8, 4) is 0 Å². The summed E-state index contributed by atoms with van der Waals surface area (Å²) in [5.41, 5.74) is 0.693. The molecule has 1 fully saturated rings. The zero-order chi connectivity index (χ0) is 13.7. The highest BCUT2D eigenvalue weighted by atomic mass is 16.2. The van der Waals surface area contributed by atoms with Gasteiger partial charge in [0, 0.05) is 38.6 Å². The van der Waals surface area contributed by atoms with Gasteiger partial charge in [-0.1, -0.05) is 13.8 Å². The maximum Gasteiger partial charge on any atom is 0.255 e. The van der Waals surface area contributed by atoms with E-state index in [-0.39, 0.29) is 5.91 Å². The van der Waals surface area contributed by atoms with Crippen LogP contribution < -0.4 is 0 Å². The summed E-state index contributed by atoms with van der Waals surface area (Å²) in [4.78, 5) is 20.6. The molecule has 2 heterocycles. The summed E-state index contributed by atoms with van der Waals surface area (Å²) >= 11 is 0. The monoisotopic (exact) mass is 261 g/mol. The minimum atomic E-state index is 0.108. The van der Waals surface area contributed by atoms with Gasteiger partial charge in [0.2, 0.25) is 0 Å². The molecule has 4 nitrogen and oxygen atoms in total. The Labute approximate surface area is 115 Å². The van der Waals surface area contributed by atoms with Crippen molar-refractivity contribution < 1.29 is 4.79 Å². The lowest BCUT2D eigenvalue weighted by Crippen LogP contribution is -2.49. The number of hydrogen-bond acceptors (Lipinski definition) is 3. The van der Waals surface area contributed by atoms with E-state index >= 15 is 0 Å². The minimum absolute atomic E-state index is 0.108. The lowest BCUT2D eigenvalue weighted by atomic mass is 10.1. The first kappa shape index (κ1) is 14.0. The first-order valence-electron chi connectivity index (χ1n) is 7.08. The van der Waals surface area contributed by atoms with E-state index in [4.69, 9.17) is 0 Å². The van der Waals surface area contributed by atoms with Crippen LogP contribution >= 0.6 is 0 Å². The average molecular weight is 261 g/mol. The van der Waals surface area contributed by atoms with Crippen molar-refractivity contribution in [2.75, 3.05) is 32.7 Å². The Kier molecular flexibility index (Phi) is 4.91. The third kappa shape index (κ3) is 4.03. The highest BCUT2D eigenvalue weighted by Gasteiger charge is 2.21. The number of piperazine rings is 1. The van der Waals surface area contributed by atoms with Crippen LogP contribution in [-0.4, -0.2) is 53.4 Å². The summed E-state index contributed by atoms with van der Waals surface area (Å²) in [6.07, 6.45) is 4.57. The van der Waals surface area contributed by atoms with Gasteiger partial charge in [-0.05, 0) is 31.0 Å². The number of nitrogens with zero attached hydrogens (tertiary/aromatic N) is 3.